The number of aromatic nitrogens is 2. The molecule has 35 heavy (non-hydrogen) atoms. The highest BCUT2D eigenvalue weighted by atomic mass is 35.5. The minimum absolute atomic E-state index is 0.206. The third-order valence-corrected chi connectivity index (χ3v) is 6.13. The van der Waals surface area contributed by atoms with Crippen molar-refractivity contribution in [2.75, 3.05) is 35.7 Å². The minimum atomic E-state index is -0.409. The van der Waals surface area contributed by atoms with Crippen LogP contribution in [0.3, 0.4) is 0 Å². The van der Waals surface area contributed by atoms with E-state index >= 15 is 0 Å². The van der Waals surface area contributed by atoms with Crippen LogP contribution < -0.4 is 25.6 Å². The van der Waals surface area contributed by atoms with Gasteiger partial charge >= 0.3 is 6.09 Å². The van der Waals surface area contributed by atoms with Crippen LogP contribution in [-0.2, 0) is 4.74 Å². The second-order valence-corrected chi connectivity index (χ2v) is 9.17. The lowest BCUT2D eigenvalue weighted by molar-refractivity contribution is 0.0967. The van der Waals surface area contributed by atoms with Crippen molar-refractivity contribution in [3.63, 3.8) is 0 Å². The smallest absolute Gasteiger partial charge is 0.414 e. The molecule has 12 heteroatoms. The number of nitrogens with one attached hydrogen (secondary N) is 3. The highest BCUT2D eigenvalue weighted by Gasteiger charge is 2.24. The third kappa shape index (κ3) is 5.75. The Morgan fingerprint density at radius 3 is 2.86 bits per heavy atom. The number of hydrogen-bond donors (Lipinski definition) is 3. The molecular weight excluding hydrogens is 492 g/mol. The molecule has 3 aromatic rings. The van der Waals surface area contributed by atoms with Gasteiger partial charge in [-0.05, 0) is 43.8 Å². The molecule has 0 saturated heterocycles. The lowest BCUT2D eigenvalue weighted by atomic mass is 10.2. The standard InChI is InChI=1S/C23H25ClN6O4S/c1-13(2)34-23(32)30-8-4-9-33-18-11-14(5-6-17(18)30)27-22-26-12-15(24)20(29-22)28-16-7-10-35-19(16)21(31)25-3/h5-7,10-13H,4,8-9H2,1-3H3,(H,25,31)(H2,26,27,28,29). The molecule has 4 rings (SSSR count). The zero-order valence-electron chi connectivity index (χ0n) is 19.4. The zero-order valence-corrected chi connectivity index (χ0v) is 21.0. The summed E-state index contributed by atoms with van der Waals surface area (Å²) >= 11 is 7.60. The minimum Gasteiger partial charge on any atom is -0.491 e. The van der Waals surface area contributed by atoms with Crippen LogP contribution in [0.4, 0.5) is 33.6 Å². The molecule has 0 atom stereocenters. The van der Waals surface area contributed by atoms with Crippen molar-refractivity contribution in [3.05, 3.63) is 45.7 Å². The molecule has 1 aliphatic heterocycles. The van der Waals surface area contributed by atoms with Crippen molar-refractivity contribution in [1.29, 1.82) is 0 Å². The molecule has 2 amide bonds. The first-order chi connectivity index (χ1) is 16.9. The lowest BCUT2D eigenvalue weighted by Crippen LogP contribution is -2.33. The van der Waals surface area contributed by atoms with E-state index < -0.39 is 6.09 Å². The maximum Gasteiger partial charge on any atom is 0.414 e. The molecule has 0 saturated carbocycles. The molecule has 1 aromatic carbocycles. The second-order valence-electron chi connectivity index (χ2n) is 7.85. The molecule has 10 nitrogen and oxygen atoms in total. The van der Waals surface area contributed by atoms with Crippen LogP contribution in [0.2, 0.25) is 5.02 Å². The number of benzene rings is 1. The summed E-state index contributed by atoms with van der Waals surface area (Å²) < 4.78 is 11.2. The number of nitrogens with zero attached hydrogens (tertiary/aromatic N) is 3. The average molecular weight is 517 g/mol. The summed E-state index contributed by atoms with van der Waals surface area (Å²) in [6.07, 6.45) is 1.52. The Labute approximate surface area is 211 Å². The van der Waals surface area contributed by atoms with E-state index in [0.29, 0.717) is 64.1 Å². The van der Waals surface area contributed by atoms with E-state index in [0.717, 1.165) is 0 Å². The predicted octanol–water partition coefficient (Wildman–Crippen LogP) is 5.17. The fourth-order valence-electron chi connectivity index (χ4n) is 3.38. The molecular formula is C23H25ClN6O4S. The van der Waals surface area contributed by atoms with Crippen LogP contribution in [0.15, 0.2) is 35.8 Å². The number of thiophene rings is 1. The van der Waals surface area contributed by atoms with Gasteiger partial charge in [-0.15, -0.1) is 11.3 Å². The van der Waals surface area contributed by atoms with Gasteiger partial charge < -0.3 is 25.4 Å². The highest BCUT2D eigenvalue weighted by molar-refractivity contribution is 7.12. The number of hydrogen-bond acceptors (Lipinski definition) is 9. The van der Waals surface area contributed by atoms with Gasteiger partial charge in [0.05, 0.1) is 30.3 Å². The quantitative estimate of drug-likeness (QED) is 0.410. The Morgan fingerprint density at radius 1 is 1.26 bits per heavy atom. The Hall–Kier alpha value is -3.57. The van der Waals surface area contributed by atoms with Gasteiger partial charge in [-0.2, -0.15) is 4.98 Å². The number of halogens is 1. The van der Waals surface area contributed by atoms with Crippen molar-refractivity contribution in [2.24, 2.45) is 0 Å². The second kappa shape index (κ2) is 10.8. The van der Waals surface area contributed by atoms with E-state index in [-0.39, 0.29) is 12.0 Å². The molecule has 2 aromatic heterocycles. The topological polar surface area (TPSA) is 118 Å². The summed E-state index contributed by atoms with van der Waals surface area (Å²) in [7, 11) is 1.57. The van der Waals surface area contributed by atoms with Crippen molar-refractivity contribution in [1.82, 2.24) is 15.3 Å². The zero-order chi connectivity index (χ0) is 24.9. The molecule has 0 fully saturated rings. The highest BCUT2D eigenvalue weighted by Crippen LogP contribution is 2.35. The first kappa shape index (κ1) is 24.6. The number of carbonyl (C=O) groups is 2. The van der Waals surface area contributed by atoms with Crippen LogP contribution in [0.5, 0.6) is 5.75 Å². The van der Waals surface area contributed by atoms with Crippen LogP contribution in [0.1, 0.15) is 29.9 Å². The summed E-state index contributed by atoms with van der Waals surface area (Å²) in [6.45, 7) is 4.60. The van der Waals surface area contributed by atoms with E-state index in [4.69, 9.17) is 21.1 Å². The normalized spacial score (nSPS) is 12.9. The molecule has 0 radical (unpaired) electrons. The van der Waals surface area contributed by atoms with Crippen molar-refractivity contribution >= 4 is 63.8 Å². The Kier molecular flexibility index (Phi) is 7.57. The molecule has 0 bridgehead atoms. The van der Waals surface area contributed by atoms with Crippen LogP contribution in [-0.4, -0.2) is 48.3 Å². The molecule has 184 valence electrons. The number of rotatable bonds is 6. The monoisotopic (exact) mass is 516 g/mol. The van der Waals surface area contributed by atoms with E-state index in [9.17, 15) is 9.59 Å². The van der Waals surface area contributed by atoms with E-state index in [1.165, 1.54) is 17.5 Å². The first-order valence-corrected chi connectivity index (χ1v) is 12.2. The van der Waals surface area contributed by atoms with Gasteiger partial charge in [0, 0.05) is 25.3 Å². The van der Waals surface area contributed by atoms with Crippen molar-refractivity contribution in [3.8, 4) is 5.75 Å². The number of ether oxygens (including phenoxy) is 2. The fourth-order valence-corrected chi connectivity index (χ4v) is 4.31. The molecule has 0 aliphatic carbocycles. The van der Waals surface area contributed by atoms with Crippen LogP contribution in [0.25, 0.3) is 0 Å². The number of fused-ring (bicyclic) bond motifs is 1. The Morgan fingerprint density at radius 2 is 2.09 bits per heavy atom. The van der Waals surface area contributed by atoms with Crippen molar-refractivity contribution in [2.45, 2.75) is 26.4 Å². The fraction of sp³-hybridized carbons (Fsp3) is 0.304. The summed E-state index contributed by atoms with van der Waals surface area (Å²) in [5, 5.41) is 10.9. The molecule has 3 N–H and O–H groups in total. The predicted molar refractivity (Wildman–Crippen MR) is 137 cm³/mol. The summed E-state index contributed by atoms with van der Waals surface area (Å²) in [5.74, 6) is 0.982. The first-order valence-electron chi connectivity index (χ1n) is 11.0. The van der Waals surface area contributed by atoms with Gasteiger partial charge in [-0.25, -0.2) is 9.78 Å². The summed E-state index contributed by atoms with van der Waals surface area (Å²) in [5.41, 5.74) is 1.89. The SMILES string of the molecule is CNC(=O)c1sccc1Nc1nc(Nc2ccc3c(c2)OCCCN3C(=O)OC(C)C)ncc1Cl. The van der Waals surface area contributed by atoms with Gasteiger partial charge in [-0.1, -0.05) is 11.6 Å². The maximum atomic E-state index is 12.6. The van der Waals surface area contributed by atoms with Crippen molar-refractivity contribution < 1.29 is 19.1 Å². The lowest BCUT2D eigenvalue weighted by Gasteiger charge is -2.22. The van der Waals surface area contributed by atoms with E-state index in [1.54, 1.807) is 41.6 Å². The Bertz CT molecular complexity index is 1230. The van der Waals surface area contributed by atoms with Gasteiger partial charge in [0.15, 0.2) is 5.82 Å². The van der Waals surface area contributed by atoms with Gasteiger partial charge in [0.1, 0.15) is 15.6 Å². The molecule has 3 heterocycles. The van der Waals surface area contributed by atoms with Gasteiger partial charge in [0.25, 0.3) is 5.91 Å². The molecule has 0 spiro atoms. The number of carbonyl (C=O) groups excluding carboxylic acids is 2. The number of amides is 2. The molecule has 1 aliphatic rings. The van der Waals surface area contributed by atoms with Gasteiger partial charge in [-0.3, -0.25) is 9.69 Å². The van der Waals surface area contributed by atoms with Crippen LogP contribution >= 0.6 is 22.9 Å². The van der Waals surface area contributed by atoms with E-state index in [2.05, 4.69) is 25.9 Å². The summed E-state index contributed by atoms with van der Waals surface area (Å²) in [4.78, 5) is 35.4. The largest absolute Gasteiger partial charge is 0.491 e. The number of anilines is 5. The van der Waals surface area contributed by atoms with E-state index in [1.807, 2.05) is 13.8 Å². The van der Waals surface area contributed by atoms with Gasteiger partial charge in [0.2, 0.25) is 5.95 Å². The maximum absolute atomic E-state index is 12.6. The Balaban J connectivity index is 1.55. The average Bonchev–Trinajstić information content (AvgIpc) is 3.18. The molecule has 0 unspecified atom stereocenters. The third-order valence-electron chi connectivity index (χ3n) is 4.94. The summed E-state index contributed by atoms with van der Waals surface area (Å²) in [6, 6.07) is 7.15. The van der Waals surface area contributed by atoms with Crippen LogP contribution in [0, 0.1) is 0 Å².